The Morgan fingerprint density at radius 3 is 2.92 bits per heavy atom. The summed E-state index contributed by atoms with van der Waals surface area (Å²) in [6, 6.07) is 6.41. The number of ether oxygens (including phenoxy) is 1. The van der Waals surface area contributed by atoms with E-state index in [2.05, 4.69) is 15.3 Å². The Morgan fingerprint density at radius 2 is 2.15 bits per heavy atom. The lowest BCUT2D eigenvalue weighted by Crippen LogP contribution is -2.32. The second-order valence-corrected chi connectivity index (χ2v) is 6.92. The predicted octanol–water partition coefficient (Wildman–Crippen LogP) is 2.12. The van der Waals surface area contributed by atoms with Gasteiger partial charge in [-0.2, -0.15) is 0 Å². The van der Waals surface area contributed by atoms with Gasteiger partial charge in [-0.1, -0.05) is 6.07 Å². The van der Waals surface area contributed by atoms with Crippen LogP contribution in [0.2, 0.25) is 0 Å². The molecule has 7 heteroatoms. The number of nitrogens with zero attached hydrogens (tertiary/aromatic N) is 3. The Labute approximate surface area is 151 Å². The predicted molar refractivity (Wildman–Crippen MR) is 94.3 cm³/mol. The Balaban J connectivity index is 1.39. The fourth-order valence-electron chi connectivity index (χ4n) is 3.70. The molecule has 2 aliphatic heterocycles. The van der Waals surface area contributed by atoms with Gasteiger partial charge >= 0.3 is 0 Å². The first-order valence-corrected chi connectivity index (χ1v) is 8.80. The van der Waals surface area contributed by atoms with Gasteiger partial charge in [0.1, 0.15) is 5.82 Å². The van der Waals surface area contributed by atoms with Crippen LogP contribution in [-0.2, 0) is 4.74 Å². The molecule has 4 rings (SSSR count). The zero-order valence-electron chi connectivity index (χ0n) is 14.6. The van der Waals surface area contributed by atoms with Crippen LogP contribution < -0.4 is 5.32 Å². The minimum atomic E-state index is -0.351. The van der Waals surface area contributed by atoms with Gasteiger partial charge in [0.2, 0.25) is 5.95 Å². The fraction of sp³-hybridized carbons (Fsp3) is 0.421. The van der Waals surface area contributed by atoms with Gasteiger partial charge in [0.15, 0.2) is 0 Å². The summed E-state index contributed by atoms with van der Waals surface area (Å²) >= 11 is 0. The standard InChI is InChI=1S/C19H21FN4O2/c1-12-3-4-13(7-16(12)20)18(25)24-9-15-14(11-26-17(15)10-24)8-23-19-21-5-2-6-22-19/h2-7,14-15,17H,8-11H2,1H3,(H,21,22,23)/t14-,15+,17+/m1/s1. The van der Waals surface area contributed by atoms with Crippen LogP contribution in [0.5, 0.6) is 0 Å². The first-order chi connectivity index (χ1) is 12.6. The van der Waals surface area contributed by atoms with Crippen molar-refractivity contribution in [1.82, 2.24) is 14.9 Å². The van der Waals surface area contributed by atoms with Crippen molar-refractivity contribution in [3.8, 4) is 0 Å². The molecule has 6 nitrogen and oxygen atoms in total. The summed E-state index contributed by atoms with van der Waals surface area (Å²) in [4.78, 5) is 22.8. The molecule has 1 amide bonds. The molecule has 2 aromatic rings. The van der Waals surface area contributed by atoms with Gasteiger partial charge in [0.05, 0.1) is 12.7 Å². The lowest BCUT2D eigenvalue weighted by Gasteiger charge is -2.20. The van der Waals surface area contributed by atoms with Gasteiger partial charge < -0.3 is 15.0 Å². The molecule has 1 aromatic carbocycles. The topological polar surface area (TPSA) is 67.4 Å². The molecule has 3 atom stereocenters. The molecule has 0 unspecified atom stereocenters. The van der Waals surface area contributed by atoms with Crippen LogP contribution in [0.15, 0.2) is 36.7 Å². The van der Waals surface area contributed by atoms with Gasteiger partial charge in [-0.15, -0.1) is 0 Å². The number of hydrogen-bond acceptors (Lipinski definition) is 5. The summed E-state index contributed by atoms with van der Waals surface area (Å²) in [6.07, 6.45) is 3.43. The molecule has 26 heavy (non-hydrogen) atoms. The minimum Gasteiger partial charge on any atom is -0.376 e. The van der Waals surface area contributed by atoms with Crippen molar-refractivity contribution in [1.29, 1.82) is 0 Å². The molecule has 0 bridgehead atoms. The molecule has 136 valence electrons. The largest absolute Gasteiger partial charge is 0.376 e. The molecular formula is C19H21FN4O2. The van der Waals surface area contributed by atoms with Crippen LogP contribution in [-0.4, -0.2) is 53.1 Å². The molecule has 1 aromatic heterocycles. The second-order valence-electron chi connectivity index (χ2n) is 6.92. The van der Waals surface area contributed by atoms with Gasteiger partial charge in [-0.05, 0) is 30.7 Å². The number of nitrogens with one attached hydrogen (secondary N) is 1. The number of fused-ring (bicyclic) bond motifs is 1. The van der Waals surface area contributed by atoms with Crippen molar-refractivity contribution in [2.75, 3.05) is 31.6 Å². The van der Waals surface area contributed by atoms with E-state index in [1.165, 1.54) is 6.07 Å². The van der Waals surface area contributed by atoms with Crippen molar-refractivity contribution in [3.63, 3.8) is 0 Å². The molecule has 3 heterocycles. The first-order valence-electron chi connectivity index (χ1n) is 8.80. The molecule has 0 radical (unpaired) electrons. The maximum absolute atomic E-state index is 13.8. The number of likely N-dealkylation sites (tertiary alicyclic amines) is 1. The third kappa shape index (κ3) is 3.26. The number of halogens is 1. The quantitative estimate of drug-likeness (QED) is 0.909. The lowest BCUT2D eigenvalue weighted by atomic mass is 9.93. The number of carbonyl (C=O) groups is 1. The third-order valence-corrected chi connectivity index (χ3v) is 5.23. The number of anilines is 1. The maximum atomic E-state index is 13.8. The minimum absolute atomic E-state index is 0.0396. The van der Waals surface area contributed by atoms with E-state index in [0.717, 1.165) is 0 Å². The van der Waals surface area contributed by atoms with Crippen LogP contribution in [0, 0.1) is 24.6 Å². The van der Waals surface area contributed by atoms with Gasteiger partial charge in [0.25, 0.3) is 5.91 Å². The smallest absolute Gasteiger partial charge is 0.254 e. The highest BCUT2D eigenvalue weighted by Crippen LogP contribution is 2.34. The Bertz CT molecular complexity index is 801. The third-order valence-electron chi connectivity index (χ3n) is 5.23. The van der Waals surface area contributed by atoms with Crippen LogP contribution in [0.1, 0.15) is 15.9 Å². The average molecular weight is 356 g/mol. The number of carbonyl (C=O) groups excluding carboxylic acids is 1. The number of amides is 1. The normalized spacial score (nSPS) is 24.5. The summed E-state index contributed by atoms with van der Waals surface area (Å²) in [7, 11) is 0. The summed E-state index contributed by atoms with van der Waals surface area (Å²) in [6.45, 7) is 4.23. The van der Waals surface area contributed by atoms with E-state index in [1.54, 1.807) is 42.4 Å². The molecular weight excluding hydrogens is 335 g/mol. The Hall–Kier alpha value is -2.54. The van der Waals surface area contributed by atoms with Crippen molar-refractivity contribution in [2.24, 2.45) is 11.8 Å². The SMILES string of the molecule is Cc1ccc(C(=O)N2C[C@H]3[C@H](CNc4ncccn4)CO[C@H]3C2)cc1F. The Kier molecular flexibility index (Phi) is 4.55. The summed E-state index contributed by atoms with van der Waals surface area (Å²) in [5.41, 5.74) is 0.929. The zero-order valence-corrected chi connectivity index (χ0v) is 14.6. The molecule has 2 saturated heterocycles. The highest BCUT2D eigenvalue weighted by atomic mass is 19.1. The summed E-state index contributed by atoms with van der Waals surface area (Å²) in [5, 5.41) is 3.23. The van der Waals surface area contributed by atoms with Crippen LogP contribution >= 0.6 is 0 Å². The molecule has 0 spiro atoms. The second kappa shape index (κ2) is 6.99. The van der Waals surface area contributed by atoms with Crippen molar-refractivity contribution < 1.29 is 13.9 Å². The molecule has 2 fully saturated rings. The van der Waals surface area contributed by atoms with E-state index in [-0.39, 0.29) is 29.7 Å². The molecule has 0 aliphatic carbocycles. The monoisotopic (exact) mass is 356 g/mol. The lowest BCUT2D eigenvalue weighted by molar-refractivity contribution is 0.0680. The van der Waals surface area contributed by atoms with E-state index in [0.29, 0.717) is 43.3 Å². The van der Waals surface area contributed by atoms with E-state index < -0.39 is 0 Å². The van der Waals surface area contributed by atoms with Crippen molar-refractivity contribution in [3.05, 3.63) is 53.6 Å². The summed E-state index contributed by atoms with van der Waals surface area (Å²) < 4.78 is 19.7. The maximum Gasteiger partial charge on any atom is 0.254 e. The number of benzene rings is 1. The zero-order chi connectivity index (χ0) is 18.1. The van der Waals surface area contributed by atoms with E-state index >= 15 is 0 Å². The molecule has 1 N–H and O–H groups in total. The molecule has 2 aliphatic rings. The Morgan fingerprint density at radius 1 is 1.35 bits per heavy atom. The highest BCUT2D eigenvalue weighted by molar-refractivity contribution is 5.94. The van der Waals surface area contributed by atoms with Crippen LogP contribution in [0.4, 0.5) is 10.3 Å². The number of aromatic nitrogens is 2. The number of aryl methyl sites for hydroxylation is 1. The van der Waals surface area contributed by atoms with Gasteiger partial charge in [-0.25, -0.2) is 14.4 Å². The first kappa shape index (κ1) is 16.9. The fourth-order valence-corrected chi connectivity index (χ4v) is 3.70. The average Bonchev–Trinajstić information content (AvgIpc) is 3.23. The van der Waals surface area contributed by atoms with Gasteiger partial charge in [-0.3, -0.25) is 4.79 Å². The van der Waals surface area contributed by atoms with Crippen LogP contribution in [0.25, 0.3) is 0 Å². The summed E-state index contributed by atoms with van der Waals surface area (Å²) in [5.74, 6) is 0.662. The van der Waals surface area contributed by atoms with E-state index in [4.69, 9.17) is 4.74 Å². The van der Waals surface area contributed by atoms with Crippen LogP contribution in [0.3, 0.4) is 0 Å². The van der Waals surface area contributed by atoms with Crippen molar-refractivity contribution >= 4 is 11.9 Å². The number of hydrogen-bond donors (Lipinski definition) is 1. The van der Waals surface area contributed by atoms with E-state index in [9.17, 15) is 9.18 Å². The van der Waals surface area contributed by atoms with Gasteiger partial charge in [0, 0.05) is 49.4 Å². The van der Waals surface area contributed by atoms with E-state index in [1.807, 2.05) is 0 Å². The highest BCUT2D eigenvalue weighted by Gasteiger charge is 2.45. The van der Waals surface area contributed by atoms with Crippen molar-refractivity contribution in [2.45, 2.75) is 13.0 Å². The molecule has 0 saturated carbocycles. The number of rotatable bonds is 4.